The molecule has 2 aromatic carbocycles. The highest BCUT2D eigenvalue weighted by Crippen LogP contribution is 2.31. The minimum atomic E-state index is 0.0766. The van der Waals surface area contributed by atoms with E-state index in [2.05, 4.69) is 9.88 Å². The van der Waals surface area contributed by atoms with Gasteiger partial charge in [0.15, 0.2) is 5.13 Å². The monoisotopic (exact) mass is 419 g/mol. The lowest BCUT2D eigenvalue weighted by Crippen LogP contribution is -2.34. The fraction of sp³-hybridized carbons (Fsp3) is 0.300. The maximum absolute atomic E-state index is 13.0. The van der Waals surface area contributed by atoms with E-state index in [4.69, 9.17) is 11.6 Å². The van der Waals surface area contributed by atoms with Crippen molar-refractivity contribution in [1.82, 2.24) is 9.88 Å². The number of aromatic nitrogens is 1. The zero-order chi connectivity index (χ0) is 19.2. The molecule has 0 bridgehead atoms. The molecule has 7 heteroatoms. The first-order valence-electron chi connectivity index (χ1n) is 8.72. The molecule has 0 fully saturated rings. The van der Waals surface area contributed by atoms with Crippen molar-refractivity contribution in [2.75, 3.05) is 37.8 Å². The second-order valence-corrected chi connectivity index (χ2v) is 8.91. The van der Waals surface area contributed by atoms with E-state index in [0.717, 1.165) is 33.2 Å². The molecule has 0 atom stereocenters. The molecule has 0 aliphatic rings. The van der Waals surface area contributed by atoms with Crippen LogP contribution < -0.4 is 4.90 Å². The Balaban J connectivity index is 1.77. The summed E-state index contributed by atoms with van der Waals surface area (Å²) in [5, 5.41) is 1.42. The number of amides is 1. The fourth-order valence-electron chi connectivity index (χ4n) is 2.61. The number of carbonyl (C=O) groups excluding carboxylic acids is 1. The number of thiazole rings is 1. The topological polar surface area (TPSA) is 36.4 Å². The van der Waals surface area contributed by atoms with Gasteiger partial charge in [0.25, 0.3) is 0 Å². The van der Waals surface area contributed by atoms with Crippen molar-refractivity contribution in [1.29, 1.82) is 0 Å². The number of benzene rings is 2. The molecule has 142 valence electrons. The molecule has 0 saturated heterocycles. The molecule has 3 aromatic rings. The summed E-state index contributed by atoms with van der Waals surface area (Å²) < 4.78 is 0.999. The summed E-state index contributed by atoms with van der Waals surface area (Å²) in [7, 11) is 4.08. The number of rotatable bonds is 8. The molecule has 3 rings (SSSR count). The zero-order valence-corrected chi connectivity index (χ0v) is 17.8. The molecule has 0 unspecified atom stereocenters. The summed E-state index contributed by atoms with van der Waals surface area (Å²) in [4.78, 5) is 22.7. The highest BCUT2D eigenvalue weighted by atomic mass is 35.5. The first kappa shape index (κ1) is 20.1. The molecule has 0 saturated carbocycles. The van der Waals surface area contributed by atoms with Crippen LogP contribution >= 0.6 is 34.7 Å². The Kier molecular flexibility index (Phi) is 7.13. The van der Waals surface area contributed by atoms with Crippen LogP contribution in [0.5, 0.6) is 0 Å². The third kappa shape index (κ3) is 5.69. The van der Waals surface area contributed by atoms with Crippen molar-refractivity contribution >= 4 is 56.0 Å². The van der Waals surface area contributed by atoms with Gasteiger partial charge in [0.1, 0.15) is 0 Å². The van der Waals surface area contributed by atoms with Crippen LogP contribution in [0.1, 0.15) is 6.42 Å². The summed E-state index contributed by atoms with van der Waals surface area (Å²) in [6.45, 7) is 1.58. The van der Waals surface area contributed by atoms with Gasteiger partial charge in [0.05, 0.1) is 16.0 Å². The van der Waals surface area contributed by atoms with E-state index in [-0.39, 0.29) is 5.91 Å². The smallest absolute Gasteiger partial charge is 0.239 e. The Hall–Kier alpha value is -1.60. The minimum absolute atomic E-state index is 0.0766. The van der Waals surface area contributed by atoms with Crippen molar-refractivity contribution in [2.45, 2.75) is 11.3 Å². The van der Waals surface area contributed by atoms with E-state index in [1.165, 1.54) is 11.3 Å². The summed E-state index contributed by atoms with van der Waals surface area (Å²) >= 11 is 9.17. The Bertz CT molecular complexity index is 899. The lowest BCUT2D eigenvalue weighted by Gasteiger charge is -2.21. The van der Waals surface area contributed by atoms with Crippen LogP contribution in [0.4, 0.5) is 5.13 Å². The summed E-state index contributed by atoms with van der Waals surface area (Å²) in [5.41, 5.74) is 0.875. The molecule has 0 radical (unpaired) electrons. The Morgan fingerprint density at radius 2 is 1.93 bits per heavy atom. The lowest BCUT2D eigenvalue weighted by atomic mass is 10.3. The highest BCUT2D eigenvalue weighted by Gasteiger charge is 2.20. The Morgan fingerprint density at radius 3 is 2.67 bits per heavy atom. The molecule has 0 spiro atoms. The maximum Gasteiger partial charge on any atom is 0.239 e. The number of fused-ring (bicyclic) bond motifs is 1. The molecular formula is C20H22ClN3OS2. The fourth-order valence-corrected chi connectivity index (χ4v) is 4.69. The van der Waals surface area contributed by atoms with Crippen LogP contribution in [0.25, 0.3) is 10.2 Å². The van der Waals surface area contributed by atoms with Gasteiger partial charge in [-0.1, -0.05) is 41.1 Å². The van der Waals surface area contributed by atoms with Crippen molar-refractivity contribution in [3.05, 3.63) is 53.6 Å². The predicted molar refractivity (Wildman–Crippen MR) is 117 cm³/mol. The Labute approximate surface area is 173 Å². The number of thioether (sulfide) groups is 1. The van der Waals surface area contributed by atoms with Gasteiger partial charge in [0.2, 0.25) is 5.91 Å². The van der Waals surface area contributed by atoms with E-state index in [0.29, 0.717) is 17.3 Å². The van der Waals surface area contributed by atoms with E-state index < -0.39 is 0 Å². The molecule has 1 heterocycles. The molecule has 0 N–H and O–H groups in total. The van der Waals surface area contributed by atoms with Gasteiger partial charge in [-0.2, -0.15) is 0 Å². The summed E-state index contributed by atoms with van der Waals surface area (Å²) in [5.74, 6) is 0.468. The van der Waals surface area contributed by atoms with Gasteiger partial charge in [-0.05, 0) is 57.4 Å². The standard InChI is InChI=1S/C20H22ClN3OS2/c1-23(2)11-6-12-24(19(25)14-26-16-7-4-3-5-8-16)20-22-17-10-9-15(21)13-18(17)27-20/h3-5,7-10,13H,6,11-12,14H2,1-2H3. The number of nitrogens with zero attached hydrogens (tertiary/aromatic N) is 3. The van der Waals surface area contributed by atoms with E-state index in [1.54, 1.807) is 11.8 Å². The maximum atomic E-state index is 13.0. The van der Waals surface area contributed by atoms with Crippen molar-refractivity contribution in [3.8, 4) is 0 Å². The van der Waals surface area contributed by atoms with Crippen molar-refractivity contribution in [3.63, 3.8) is 0 Å². The quantitative estimate of drug-likeness (QED) is 0.480. The molecule has 4 nitrogen and oxygen atoms in total. The SMILES string of the molecule is CN(C)CCCN(C(=O)CSc1ccccc1)c1nc2ccc(Cl)cc2s1. The van der Waals surface area contributed by atoms with Gasteiger partial charge in [0, 0.05) is 16.5 Å². The van der Waals surface area contributed by atoms with Gasteiger partial charge in [-0.25, -0.2) is 4.98 Å². The van der Waals surface area contributed by atoms with Crippen molar-refractivity contribution in [2.24, 2.45) is 0 Å². The normalized spacial score (nSPS) is 11.3. The van der Waals surface area contributed by atoms with Crippen LogP contribution in [0.3, 0.4) is 0 Å². The molecular weight excluding hydrogens is 398 g/mol. The van der Waals surface area contributed by atoms with Gasteiger partial charge in [-0.3, -0.25) is 9.69 Å². The van der Waals surface area contributed by atoms with Gasteiger partial charge < -0.3 is 4.90 Å². The third-order valence-electron chi connectivity index (χ3n) is 3.96. The largest absolute Gasteiger partial charge is 0.309 e. The van der Waals surface area contributed by atoms with Crippen LogP contribution in [-0.4, -0.2) is 48.7 Å². The number of halogens is 1. The van der Waals surface area contributed by atoms with Crippen molar-refractivity contribution < 1.29 is 4.79 Å². The molecule has 0 aliphatic heterocycles. The van der Waals surface area contributed by atoms with E-state index >= 15 is 0 Å². The summed E-state index contributed by atoms with van der Waals surface area (Å²) in [6.07, 6.45) is 0.894. The van der Waals surface area contributed by atoms with E-state index in [1.807, 2.05) is 67.5 Å². The average Bonchev–Trinajstić information content (AvgIpc) is 3.06. The third-order valence-corrected chi connectivity index (χ3v) is 6.24. The number of carbonyl (C=O) groups is 1. The second kappa shape index (κ2) is 9.55. The number of hydrogen-bond donors (Lipinski definition) is 0. The molecule has 1 aromatic heterocycles. The van der Waals surface area contributed by atoms with Crippen LogP contribution in [0.2, 0.25) is 5.02 Å². The van der Waals surface area contributed by atoms with Gasteiger partial charge >= 0.3 is 0 Å². The predicted octanol–water partition coefficient (Wildman–Crippen LogP) is 5.03. The molecule has 27 heavy (non-hydrogen) atoms. The zero-order valence-electron chi connectivity index (χ0n) is 15.4. The van der Waals surface area contributed by atoms with Gasteiger partial charge in [-0.15, -0.1) is 11.8 Å². The molecule has 0 aliphatic carbocycles. The first-order chi connectivity index (χ1) is 13.0. The van der Waals surface area contributed by atoms with E-state index in [9.17, 15) is 4.79 Å². The lowest BCUT2D eigenvalue weighted by molar-refractivity contribution is -0.116. The average molecular weight is 420 g/mol. The number of hydrogen-bond acceptors (Lipinski definition) is 5. The van der Waals surface area contributed by atoms with Crippen LogP contribution in [0, 0.1) is 0 Å². The minimum Gasteiger partial charge on any atom is -0.309 e. The summed E-state index contributed by atoms with van der Waals surface area (Å²) in [6, 6.07) is 15.6. The first-order valence-corrected chi connectivity index (χ1v) is 10.9. The Morgan fingerprint density at radius 1 is 1.15 bits per heavy atom. The number of anilines is 1. The van der Waals surface area contributed by atoms with Crippen LogP contribution in [-0.2, 0) is 4.79 Å². The van der Waals surface area contributed by atoms with Crippen LogP contribution in [0.15, 0.2) is 53.4 Å². The highest BCUT2D eigenvalue weighted by molar-refractivity contribution is 8.00. The second-order valence-electron chi connectivity index (χ2n) is 6.41. The molecule has 1 amide bonds.